The molecule has 1 saturated heterocycles. The molecule has 0 N–H and O–H groups in total. The van der Waals surface area contributed by atoms with E-state index >= 15 is 0 Å². The number of thiazole rings is 1. The fourth-order valence-corrected chi connectivity index (χ4v) is 6.03. The maximum Gasteiger partial charge on any atom is 0.269 e. The predicted molar refractivity (Wildman–Crippen MR) is 150 cm³/mol. The van der Waals surface area contributed by atoms with Crippen molar-refractivity contribution in [2.45, 2.75) is 31.1 Å². The topological polar surface area (TPSA) is 107 Å². The normalized spacial score (nSPS) is 13.9. The van der Waals surface area contributed by atoms with Crippen LogP contribution in [0.15, 0.2) is 71.6 Å². The number of non-ortho nitro benzene ring substituents is 1. The van der Waals surface area contributed by atoms with E-state index in [0.29, 0.717) is 0 Å². The number of aromatic nitrogens is 1. The van der Waals surface area contributed by atoms with Crippen molar-refractivity contribution in [3.05, 3.63) is 93.0 Å². The number of para-hydroxylation sites is 1. The van der Waals surface area contributed by atoms with Gasteiger partial charge in [-0.25, -0.2) is 8.42 Å². The Morgan fingerprint density at radius 3 is 2.18 bits per heavy atom. The average Bonchev–Trinajstić information content (AvgIpc) is 3.24. The number of hydrogen-bond acceptors (Lipinski definition) is 7. The number of anilines is 1. The smallest absolute Gasteiger partial charge is 0.269 e. The Morgan fingerprint density at radius 2 is 1.61 bits per heavy atom. The van der Waals surface area contributed by atoms with E-state index in [1.165, 1.54) is 64.4 Å². The van der Waals surface area contributed by atoms with Crippen LogP contribution in [-0.2, 0) is 17.2 Å². The maximum atomic E-state index is 10.4. The molecule has 10 heteroatoms. The van der Waals surface area contributed by atoms with Gasteiger partial charge in [-0.1, -0.05) is 35.6 Å². The van der Waals surface area contributed by atoms with E-state index in [4.69, 9.17) is 0 Å². The molecule has 38 heavy (non-hydrogen) atoms. The summed E-state index contributed by atoms with van der Waals surface area (Å²) >= 11 is 1.85. The first-order valence-electron chi connectivity index (χ1n) is 12.2. The molecule has 0 spiro atoms. The van der Waals surface area contributed by atoms with Gasteiger partial charge in [-0.2, -0.15) is 4.57 Å². The van der Waals surface area contributed by atoms with Gasteiger partial charge in [0.1, 0.15) is 21.9 Å². The fraction of sp³-hybridized carbons (Fsp3) is 0.250. The van der Waals surface area contributed by atoms with Gasteiger partial charge in [0.25, 0.3) is 10.7 Å². The summed E-state index contributed by atoms with van der Waals surface area (Å²) in [6.45, 7) is 4.58. The number of hydrogen-bond donors (Lipinski definition) is 0. The third-order valence-electron chi connectivity index (χ3n) is 6.45. The Labute approximate surface area is 226 Å². The van der Waals surface area contributed by atoms with Gasteiger partial charge >= 0.3 is 0 Å². The van der Waals surface area contributed by atoms with Gasteiger partial charge < -0.3 is 9.45 Å². The van der Waals surface area contributed by atoms with Crippen molar-refractivity contribution in [2.24, 2.45) is 7.05 Å². The minimum absolute atomic E-state index is 0.257. The second-order valence-corrected chi connectivity index (χ2v) is 11.5. The van der Waals surface area contributed by atoms with Crippen molar-refractivity contribution >= 4 is 55.2 Å². The molecule has 2 heterocycles. The van der Waals surface area contributed by atoms with Crippen LogP contribution < -0.4 is 9.47 Å². The summed E-state index contributed by atoms with van der Waals surface area (Å²) in [6.07, 6.45) is 8.48. The zero-order chi connectivity index (χ0) is 27.3. The van der Waals surface area contributed by atoms with Gasteiger partial charge in [0.15, 0.2) is 0 Å². The summed E-state index contributed by atoms with van der Waals surface area (Å²) in [5.41, 5.74) is 5.04. The summed E-state index contributed by atoms with van der Waals surface area (Å²) < 4.78 is 34.8. The van der Waals surface area contributed by atoms with Crippen LogP contribution in [-0.4, -0.2) is 31.0 Å². The first-order valence-corrected chi connectivity index (χ1v) is 14.5. The van der Waals surface area contributed by atoms with Gasteiger partial charge in [0.2, 0.25) is 5.52 Å². The standard InChI is InChI=1S/C22H25N2S.C6H5NO5S/c1-17-7-6-8-20-22(17)23(2)21(25-20)14-11-18-9-12-19(13-10-18)24-15-4-3-5-16-24;8-7(9)5-1-3-6(4-2-5)13(10,11)12/h6-14H,3-5,15-16H2,1-2H3;1-4H,(H,10,11,12)/q+1;/p-1. The molecule has 0 amide bonds. The van der Waals surface area contributed by atoms with Crippen molar-refractivity contribution in [1.82, 2.24) is 0 Å². The molecule has 0 atom stereocenters. The molecule has 3 aromatic carbocycles. The van der Waals surface area contributed by atoms with Crippen LogP contribution in [0.4, 0.5) is 11.4 Å². The number of nitro groups is 1. The molecule has 1 aromatic heterocycles. The quantitative estimate of drug-likeness (QED) is 0.136. The van der Waals surface area contributed by atoms with E-state index in [2.05, 4.69) is 78.1 Å². The lowest BCUT2D eigenvalue weighted by Gasteiger charge is -2.28. The zero-order valence-electron chi connectivity index (χ0n) is 21.2. The van der Waals surface area contributed by atoms with Crippen LogP contribution >= 0.6 is 11.3 Å². The summed E-state index contributed by atoms with van der Waals surface area (Å²) in [6, 6.07) is 19.3. The highest BCUT2D eigenvalue weighted by atomic mass is 32.2. The second-order valence-electron chi connectivity index (χ2n) is 9.10. The largest absolute Gasteiger partial charge is 0.744 e. The zero-order valence-corrected chi connectivity index (χ0v) is 22.9. The average molecular weight is 552 g/mol. The predicted octanol–water partition coefficient (Wildman–Crippen LogP) is 5.69. The molecule has 1 aliphatic rings. The number of nitrogens with zero attached hydrogens (tertiary/aromatic N) is 3. The van der Waals surface area contributed by atoms with E-state index < -0.39 is 19.9 Å². The van der Waals surface area contributed by atoms with Crippen LogP contribution in [0.3, 0.4) is 0 Å². The van der Waals surface area contributed by atoms with Gasteiger partial charge in [0, 0.05) is 42.5 Å². The van der Waals surface area contributed by atoms with Gasteiger partial charge in [0.05, 0.1) is 9.82 Å². The lowest BCUT2D eigenvalue weighted by Crippen LogP contribution is -2.29. The molecule has 0 radical (unpaired) electrons. The maximum absolute atomic E-state index is 10.4. The monoisotopic (exact) mass is 551 g/mol. The molecular weight excluding hydrogens is 522 g/mol. The Morgan fingerprint density at radius 1 is 0.947 bits per heavy atom. The number of fused-ring (bicyclic) bond motifs is 1. The van der Waals surface area contributed by atoms with Gasteiger partial charge in [-0.3, -0.25) is 10.1 Å². The van der Waals surface area contributed by atoms with Crippen molar-refractivity contribution in [2.75, 3.05) is 18.0 Å². The molecule has 5 rings (SSSR count). The van der Waals surface area contributed by atoms with E-state index in [1.807, 2.05) is 11.3 Å². The first kappa shape index (κ1) is 27.4. The van der Waals surface area contributed by atoms with Crippen LogP contribution in [0, 0.1) is 17.0 Å². The Balaban J connectivity index is 0.000000219. The van der Waals surface area contributed by atoms with Crippen molar-refractivity contribution in [3.63, 3.8) is 0 Å². The molecule has 4 aromatic rings. The van der Waals surface area contributed by atoms with E-state index in [9.17, 15) is 23.1 Å². The number of rotatable bonds is 5. The highest BCUT2D eigenvalue weighted by Crippen LogP contribution is 2.25. The second kappa shape index (κ2) is 11.8. The molecule has 1 fully saturated rings. The number of aryl methyl sites for hydroxylation is 2. The summed E-state index contributed by atoms with van der Waals surface area (Å²) in [7, 11) is -2.36. The van der Waals surface area contributed by atoms with E-state index in [-0.39, 0.29) is 5.69 Å². The molecule has 0 bridgehead atoms. The van der Waals surface area contributed by atoms with Crippen molar-refractivity contribution in [3.8, 4) is 0 Å². The third-order valence-corrected chi connectivity index (χ3v) is 8.47. The molecule has 0 unspecified atom stereocenters. The number of piperidine rings is 1. The Bertz CT molecular complexity index is 1550. The van der Waals surface area contributed by atoms with E-state index in [0.717, 1.165) is 24.3 Å². The van der Waals surface area contributed by atoms with Gasteiger partial charge in [-0.05, 0) is 68.2 Å². The Kier molecular flexibility index (Phi) is 8.55. The molecule has 0 aliphatic carbocycles. The van der Waals surface area contributed by atoms with Crippen molar-refractivity contribution < 1.29 is 22.5 Å². The van der Waals surface area contributed by atoms with Gasteiger partial charge in [-0.15, -0.1) is 0 Å². The summed E-state index contributed by atoms with van der Waals surface area (Å²) in [4.78, 5) is 11.5. The van der Waals surface area contributed by atoms with Crippen LogP contribution in [0.25, 0.3) is 22.4 Å². The fourth-order valence-electron chi connectivity index (χ4n) is 4.43. The highest BCUT2D eigenvalue weighted by Gasteiger charge is 2.16. The molecular formula is C28H29N3O5S2. The van der Waals surface area contributed by atoms with Crippen LogP contribution in [0.2, 0.25) is 0 Å². The third kappa shape index (κ3) is 6.63. The number of benzene rings is 3. The molecule has 8 nitrogen and oxygen atoms in total. The van der Waals surface area contributed by atoms with Crippen molar-refractivity contribution in [1.29, 1.82) is 0 Å². The number of nitro benzene ring substituents is 1. The van der Waals surface area contributed by atoms with E-state index in [1.54, 1.807) is 0 Å². The summed E-state index contributed by atoms with van der Waals surface area (Å²) in [5.74, 6) is 0. The molecule has 198 valence electrons. The molecule has 1 aliphatic heterocycles. The lowest BCUT2D eigenvalue weighted by molar-refractivity contribution is -0.642. The SMILES string of the molecule is Cc1cccc2sc(C=Cc3ccc(N4CCCCC4)cc3)[n+](C)c12.O=[N+]([O-])c1ccc(S(=O)(=O)[O-])cc1. The lowest BCUT2D eigenvalue weighted by atomic mass is 10.1. The van der Waals surface area contributed by atoms with Crippen LogP contribution in [0.1, 0.15) is 35.4 Å². The summed E-state index contributed by atoms with van der Waals surface area (Å²) in [5, 5.41) is 11.4. The first-order chi connectivity index (χ1) is 18.1. The minimum atomic E-state index is -4.52. The Hall–Kier alpha value is -3.60. The van der Waals surface area contributed by atoms with Crippen LogP contribution in [0.5, 0.6) is 0 Å². The highest BCUT2D eigenvalue weighted by molar-refractivity contribution is 7.85. The molecule has 0 saturated carbocycles. The minimum Gasteiger partial charge on any atom is -0.744 e.